The summed E-state index contributed by atoms with van der Waals surface area (Å²) >= 11 is 21.4. The van der Waals surface area contributed by atoms with E-state index in [-0.39, 0.29) is 0 Å². The monoisotopic (exact) mass is 500 g/mol. The third kappa shape index (κ3) is 5.70. The Bertz CT molecular complexity index is 475. The molecule has 0 spiro atoms. The van der Waals surface area contributed by atoms with Crippen molar-refractivity contribution in [2.45, 2.75) is 45.3 Å². The first-order chi connectivity index (χ1) is 12.7. The molecule has 0 radical (unpaired) electrons. The first-order valence-corrected chi connectivity index (χ1v) is 16.5. The summed E-state index contributed by atoms with van der Waals surface area (Å²) in [6.07, 6.45) is 10.3. The van der Waals surface area contributed by atoms with Gasteiger partial charge in [0, 0.05) is 31.8 Å². The fraction of sp³-hybridized carbons (Fsp3) is 0.778. The van der Waals surface area contributed by atoms with Gasteiger partial charge >= 0.3 is 0 Å². The maximum atomic E-state index is 4.47. The molecule has 1 fully saturated rings. The molecule has 0 saturated heterocycles. The van der Waals surface area contributed by atoms with Crippen LogP contribution >= 0.6 is 95.8 Å². The van der Waals surface area contributed by atoms with Crippen LogP contribution in [0.25, 0.3) is 0 Å². The number of hydrogen-bond donors (Lipinski definition) is 2. The zero-order valence-corrected chi connectivity index (χ0v) is 21.9. The maximum Gasteiger partial charge on any atom is 0.0709 e. The van der Waals surface area contributed by atoms with Gasteiger partial charge in [0.2, 0.25) is 0 Å². The van der Waals surface area contributed by atoms with Crippen LogP contribution in [0.4, 0.5) is 0 Å². The van der Waals surface area contributed by atoms with Gasteiger partial charge in [0.1, 0.15) is 0 Å². The van der Waals surface area contributed by atoms with Gasteiger partial charge in [-0.05, 0) is 54.4 Å². The molecule has 0 aromatic rings. The molecule has 2 heterocycles. The van der Waals surface area contributed by atoms with Crippen LogP contribution in [0.3, 0.4) is 0 Å². The molecule has 0 bridgehead atoms. The summed E-state index contributed by atoms with van der Waals surface area (Å²) in [5.41, 5.74) is 0. The molecule has 2 aliphatic heterocycles. The minimum Gasteiger partial charge on any atom is -0.174 e. The summed E-state index contributed by atoms with van der Waals surface area (Å²) < 4.78 is 1.38. The molecule has 6 unspecified atom stereocenters. The first kappa shape index (κ1) is 23.0. The Morgan fingerprint density at radius 2 is 1.38 bits per heavy atom. The second kappa shape index (κ2) is 11.6. The van der Waals surface area contributed by atoms with Crippen LogP contribution in [0.1, 0.15) is 25.7 Å². The molecular weight excluding hydrogens is 473 g/mol. The molecule has 3 aliphatic rings. The van der Waals surface area contributed by atoms with Gasteiger partial charge < -0.3 is 0 Å². The summed E-state index contributed by atoms with van der Waals surface area (Å²) in [5.74, 6) is 3.52. The van der Waals surface area contributed by atoms with Crippen LogP contribution in [0.15, 0.2) is 20.6 Å². The lowest BCUT2D eigenvalue weighted by molar-refractivity contribution is 0.264. The van der Waals surface area contributed by atoms with E-state index >= 15 is 0 Å². The van der Waals surface area contributed by atoms with Crippen molar-refractivity contribution in [1.29, 1.82) is 0 Å². The summed E-state index contributed by atoms with van der Waals surface area (Å²) in [6, 6.07) is 0. The highest BCUT2D eigenvalue weighted by Gasteiger charge is 2.40. The Balaban J connectivity index is 1.60. The lowest BCUT2D eigenvalue weighted by Gasteiger charge is -2.40. The Kier molecular flexibility index (Phi) is 10.3. The summed E-state index contributed by atoms with van der Waals surface area (Å²) in [7, 11) is 0. The highest BCUT2D eigenvalue weighted by atomic mass is 32.2. The molecule has 0 nitrogen and oxygen atoms in total. The zero-order chi connectivity index (χ0) is 18.5. The zero-order valence-electron chi connectivity index (χ0n) is 15.2. The van der Waals surface area contributed by atoms with Gasteiger partial charge in [0.05, 0.1) is 9.16 Å². The topological polar surface area (TPSA) is 0 Å². The van der Waals surface area contributed by atoms with Gasteiger partial charge in [0.15, 0.2) is 0 Å². The van der Waals surface area contributed by atoms with E-state index in [4.69, 9.17) is 0 Å². The van der Waals surface area contributed by atoms with Gasteiger partial charge in [-0.3, -0.25) is 0 Å². The van der Waals surface area contributed by atoms with Gasteiger partial charge in [-0.25, -0.2) is 0 Å². The second-order valence-corrected chi connectivity index (χ2v) is 14.6. The third-order valence-corrected chi connectivity index (χ3v) is 15.2. The van der Waals surface area contributed by atoms with Crippen molar-refractivity contribution >= 4 is 95.8 Å². The standard InChI is InChI=1S/C18H28S8/c1-21-15(17-23-9-13(7-19)25-17)11-4-3-5-12(6-11)16(22-2)18-24-10-14(8-20)26-18/h9-12,15-20H,3-8H2,1-2H3. The molecular formula is C18H28S8. The van der Waals surface area contributed by atoms with Gasteiger partial charge in [-0.1, -0.05) is 6.42 Å². The van der Waals surface area contributed by atoms with Crippen molar-refractivity contribution in [3.63, 3.8) is 0 Å². The van der Waals surface area contributed by atoms with E-state index < -0.39 is 0 Å². The molecule has 148 valence electrons. The lowest BCUT2D eigenvalue weighted by Crippen LogP contribution is -2.35. The van der Waals surface area contributed by atoms with Crippen LogP contribution in [-0.2, 0) is 0 Å². The summed E-state index contributed by atoms with van der Waals surface area (Å²) in [6.45, 7) is 0. The Morgan fingerprint density at radius 3 is 1.73 bits per heavy atom. The molecule has 0 N–H and O–H groups in total. The van der Waals surface area contributed by atoms with Crippen molar-refractivity contribution in [2.75, 3.05) is 24.0 Å². The van der Waals surface area contributed by atoms with E-state index in [0.29, 0.717) is 9.16 Å². The van der Waals surface area contributed by atoms with Gasteiger partial charge in [-0.2, -0.15) is 48.8 Å². The van der Waals surface area contributed by atoms with Crippen molar-refractivity contribution < 1.29 is 0 Å². The molecule has 0 amide bonds. The average molecular weight is 501 g/mol. The number of thiol groups is 2. The van der Waals surface area contributed by atoms with Crippen LogP contribution in [0.5, 0.6) is 0 Å². The summed E-state index contributed by atoms with van der Waals surface area (Å²) in [4.78, 5) is 2.92. The van der Waals surface area contributed by atoms with E-state index in [0.717, 1.165) is 33.8 Å². The van der Waals surface area contributed by atoms with Gasteiger partial charge in [0.25, 0.3) is 0 Å². The first-order valence-electron chi connectivity index (χ1n) is 8.99. The molecule has 8 heteroatoms. The highest BCUT2D eigenvalue weighted by molar-refractivity contribution is 8.24. The van der Waals surface area contributed by atoms with Crippen LogP contribution < -0.4 is 0 Å². The van der Waals surface area contributed by atoms with Gasteiger partial charge in [-0.15, -0.1) is 47.0 Å². The normalized spacial score (nSPS) is 34.5. The van der Waals surface area contributed by atoms with E-state index in [1.165, 1.54) is 35.5 Å². The Hall–Kier alpha value is 2.28. The maximum absolute atomic E-state index is 4.47. The summed E-state index contributed by atoms with van der Waals surface area (Å²) in [5, 5.41) is 6.23. The molecule has 3 rings (SSSR count). The number of thioether (sulfide) groups is 6. The van der Waals surface area contributed by atoms with E-state index in [9.17, 15) is 0 Å². The fourth-order valence-electron chi connectivity index (χ4n) is 4.05. The smallest absolute Gasteiger partial charge is 0.0709 e. The molecule has 26 heavy (non-hydrogen) atoms. The largest absolute Gasteiger partial charge is 0.174 e. The minimum absolute atomic E-state index is 0.691. The second-order valence-electron chi connectivity index (χ2n) is 6.82. The molecule has 0 aromatic heterocycles. The number of rotatable bonds is 8. The predicted molar refractivity (Wildman–Crippen MR) is 142 cm³/mol. The van der Waals surface area contributed by atoms with E-state index in [2.05, 4.69) is 95.6 Å². The van der Waals surface area contributed by atoms with Crippen molar-refractivity contribution in [3.05, 3.63) is 20.6 Å². The highest BCUT2D eigenvalue weighted by Crippen LogP contribution is 2.53. The average Bonchev–Trinajstić information content (AvgIpc) is 3.33. The Labute approximate surface area is 196 Å². The van der Waals surface area contributed by atoms with Crippen LogP contribution in [0, 0.1) is 11.8 Å². The van der Waals surface area contributed by atoms with Crippen molar-refractivity contribution in [2.24, 2.45) is 11.8 Å². The predicted octanol–water partition coefficient (Wildman–Crippen LogP) is 7.41. The molecule has 1 aliphatic carbocycles. The van der Waals surface area contributed by atoms with Crippen LogP contribution in [0.2, 0.25) is 0 Å². The molecule has 6 atom stereocenters. The van der Waals surface area contributed by atoms with Crippen molar-refractivity contribution in [1.82, 2.24) is 0 Å². The quantitative estimate of drug-likeness (QED) is 0.331. The van der Waals surface area contributed by atoms with E-state index in [1.807, 2.05) is 23.5 Å². The Morgan fingerprint density at radius 1 is 0.923 bits per heavy atom. The molecule has 1 saturated carbocycles. The minimum atomic E-state index is 0.691. The van der Waals surface area contributed by atoms with E-state index in [1.54, 1.807) is 0 Å². The fourth-order valence-corrected chi connectivity index (χ4v) is 13.9. The van der Waals surface area contributed by atoms with Crippen molar-refractivity contribution in [3.8, 4) is 0 Å². The third-order valence-electron chi connectivity index (χ3n) is 5.28. The molecule has 0 aromatic carbocycles. The number of hydrogen-bond acceptors (Lipinski definition) is 8. The van der Waals surface area contributed by atoms with Crippen LogP contribution in [-0.4, -0.2) is 43.7 Å². The lowest BCUT2D eigenvalue weighted by atomic mass is 9.78. The SMILES string of the molecule is CSC(C1CCCC(C(SC)C2SC=C(CS)S2)C1)C1SC=C(CS)S1.